The first-order valence-corrected chi connectivity index (χ1v) is 9.30. The Balaban J connectivity index is 1.57. The second-order valence-corrected chi connectivity index (χ2v) is 6.83. The number of carbonyl (C=O) groups excluding carboxylic acids is 1. The van der Waals surface area contributed by atoms with Gasteiger partial charge in [-0.1, -0.05) is 43.2 Å². The normalized spacial score (nSPS) is 15.8. The third-order valence-corrected chi connectivity index (χ3v) is 4.96. The fourth-order valence-electron chi connectivity index (χ4n) is 2.80. The van der Waals surface area contributed by atoms with Gasteiger partial charge in [-0.05, 0) is 25.0 Å². The number of nitrogens with one attached hydrogen (secondary N) is 1. The van der Waals surface area contributed by atoms with Crippen LogP contribution in [0.2, 0.25) is 0 Å². The van der Waals surface area contributed by atoms with E-state index in [1.54, 1.807) is 18.2 Å². The molecular formula is C17H21FN4OS. The molecule has 0 spiro atoms. The van der Waals surface area contributed by atoms with Gasteiger partial charge in [0.25, 0.3) is 0 Å². The van der Waals surface area contributed by atoms with Crippen LogP contribution in [-0.4, -0.2) is 44.8 Å². The van der Waals surface area contributed by atoms with Crippen molar-refractivity contribution in [3.05, 3.63) is 30.1 Å². The molecule has 1 aliphatic rings. The van der Waals surface area contributed by atoms with Gasteiger partial charge in [0, 0.05) is 13.1 Å². The fourth-order valence-corrected chi connectivity index (χ4v) is 3.50. The van der Waals surface area contributed by atoms with Gasteiger partial charge >= 0.3 is 0 Å². The lowest BCUT2D eigenvalue weighted by atomic mass is 10.1. The summed E-state index contributed by atoms with van der Waals surface area (Å²) in [4.78, 5) is 18.6. The number of amides is 1. The topological polar surface area (TPSA) is 61.9 Å². The number of benzene rings is 1. The maximum atomic E-state index is 13.8. The summed E-state index contributed by atoms with van der Waals surface area (Å²) in [5, 5.41) is 7.28. The van der Waals surface area contributed by atoms with Gasteiger partial charge in [-0.25, -0.2) is 9.37 Å². The van der Waals surface area contributed by atoms with Crippen LogP contribution in [-0.2, 0) is 4.79 Å². The number of rotatable bonds is 4. The van der Waals surface area contributed by atoms with Crippen LogP contribution in [0.3, 0.4) is 0 Å². The highest BCUT2D eigenvalue weighted by Gasteiger charge is 2.16. The molecule has 2 aromatic rings. The van der Waals surface area contributed by atoms with Crippen molar-refractivity contribution in [1.29, 1.82) is 0 Å². The summed E-state index contributed by atoms with van der Waals surface area (Å²) in [6.45, 7) is 1.68. The summed E-state index contributed by atoms with van der Waals surface area (Å²) in [7, 11) is 0. The maximum absolute atomic E-state index is 13.8. The minimum Gasteiger partial charge on any atom is -0.342 e. The minimum atomic E-state index is -0.345. The predicted octanol–water partition coefficient (Wildman–Crippen LogP) is 3.50. The SMILES string of the molecule is O=C(CSc1n[nH]c(-c2ccccc2F)n1)N1CCCCCCC1. The largest absolute Gasteiger partial charge is 0.342 e. The van der Waals surface area contributed by atoms with Crippen molar-refractivity contribution >= 4 is 17.7 Å². The molecule has 3 rings (SSSR count). The van der Waals surface area contributed by atoms with E-state index in [2.05, 4.69) is 15.2 Å². The number of hydrogen-bond donors (Lipinski definition) is 1. The molecule has 1 fully saturated rings. The number of likely N-dealkylation sites (tertiary alicyclic amines) is 1. The molecular weight excluding hydrogens is 327 g/mol. The molecule has 1 amide bonds. The van der Waals surface area contributed by atoms with E-state index in [1.807, 2.05) is 4.90 Å². The zero-order chi connectivity index (χ0) is 16.8. The molecule has 5 nitrogen and oxygen atoms in total. The number of hydrogen-bond acceptors (Lipinski definition) is 4. The number of halogens is 1. The van der Waals surface area contributed by atoms with E-state index in [0.717, 1.165) is 25.9 Å². The maximum Gasteiger partial charge on any atom is 0.233 e. The second-order valence-electron chi connectivity index (χ2n) is 5.88. The van der Waals surface area contributed by atoms with Crippen LogP contribution in [0.5, 0.6) is 0 Å². The summed E-state index contributed by atoms with van der Waals surface area (Å²) >= 11 is 1.29. The molecule has 1 N–H and O–H groups in total. The number of H-pyrrole nitrogens is 1. The third-order valence-electron chi connectivity index (χ3n) is 4.13. The van der Waals surface area contributed by atoms with Crippen molar-refractivity contribution in [2.75, 3.05) is 18.8 Å². The average molecular weight is 348 g/mol. The predicted molar refractivity (Wildman–Crippen MR) is 92.2 cm³/mol. The minimum absolute atomic E-state index is 0.124. The summed E-state index contributed by atoms with van der Waals surface area (Å²) in [5.41, 5.74) is 0.381. The van der Waals surface area contributed by atoms with Crippen LogP contribution >= 0.6 is 11.8 Å². The Labute approximate surface area is 145 Å². The van der Waals surface area contributed by atoms with Crippen LogP contribution < -0.4 is 0 Å². The zero-order valence-electron chi connectivity index (χ0n) is 13.5. The van der Waals surface area contributed by atoms with E-state index in [0.29, 0.717) is 22.3 Å². The van der Waals surface area contributed by atoms with Gasteiger partial charge in [-0.2, -0.15) is 0 Å². The Morgan fingerprint density at radius 1 is 1.17 bits per heavy atom. The van der Waals surface area contributed by atoms with Crippen molar-refractivity contribution in [2.24, 2.45) is 0 Å². The molecule has 24 heavy (non-hydrogen) atoms. The molecule has 0 radical (unpaired) electrons. The molecule has 2 heterocycles. The Kier molecular flexibility index (Phi) is 5.85. The molecule has 7 heteroatoms. The molecule has 1 aliphatic heterocycles. The van der Waals surface area contributed by atoms with Gasteiger partial charge in [0.15, 0.2) is 5.82 Å². The molecule has 0 aliphatic carbocycles. The molecule has 0 bridgehead atoms. The van der Waals surface area contributed by atoms with Gasteiger partial charge < -0.3 is 4.90 Å². The van der Waals surface area contributed by atoms with E-state index in [9.17, 15) is 9.18 Å². The highest BCUT2D eigenvalue weighted by Crippen LogP contribution is 2.22. The Morgan fingerprint density at radius 2 is 1.88 bits per heavy atom. The van der Waals surface area contributed by atoms with E-state index >= 15 is 0 Å². The molecule has 1 aromatic carbocycles. The van der Waals surface area contributed by atoms with E-state index in [4.69, 9.17) is 0 Å². The van der Waals surface area contributed by atoms with Crippen molar-refractivity contribution < 1.29 is 9.18 Å². The number of thioether (sulfide) groups is 1. The smallest absolute Gasteiger partial charge is 0.233 e. The first-order chi connectivity index (χ1) is 11.7. The number of carbonyl (C=O) groups is 1. The molecule has 1 aromatic heterocycles. The highest BCUT2D eigenvalue weighted by molar-refractivity contribution is 7.99. The van der Waals surface area contributed by atoms with Crippen molar-refractivity contribution in [1.82, 2.24) is 20.1 Å². The number of aromatic nitrogens is 3. The first-order valence-electron chi connectivity index (χ1n) is 8.32. The Hall–Kier alpha value is -1.89. The molecule has 0 unspecified atom stereocenters. The zero-order valence-corrected chi connectivity index (χ0v) is 14.3. The number of nitrogens with zero attached hydrogens (tertiary/aromatic N) is 3. The van der Waals surface area contributed by atoms with E-state index < -0.39 is 0 Å². The van der Waals surface area contributed by atoms with Gasteiger partial charge in [0.2, 0.25) is 11.1 Å². The van der Waals surface area contributed by atoms with Crippen molar-refractivity contribution in [2.45, 2.75) is 37.3 Å². The lowest BCUT2D eigenvalue weighted by Crippen LogP contribution is -2.35. The average Bonchev–Trinajstić information content (AvgIpc) is 3.01. The van der Waals surface area contributed by atoms with E-state index in [1.165, 1.54) is 37.1 Å². The van der Waals surface area contributed by atoms with Crippen LogP contribution in [0.4, 0.5) is 4.39 Å². The van der Waals surface area contributed by atoms with Crippen molar-refractivity contribution in [3.63, 3.8) is 0 Å². The van der Waals surface area contributed by atoms with Gasteiger partial charge in [-0.15, -0.1) is 5.10 Å². The molecule has 1 saturated heterocycles. The van der Waals surface area contributed by atoms with Crippen molar-refractivity contribution in [3.8, 4) is 11.4 Å². The monoisotopic (exact) mass is 348 g/mol. The first kappa shape index (κ1) is 17.0. The highest BCUT2D eigenvalue weighted by atomic mass is 32.2. The number of aromatic amines is 1. The van der Waals surface area contributed by atoms with E-state index in [-0.39, 0.29) is 11.7 Å². The Morgan fingerprint density at radius 3 is 2.62 bits per heavy atom. The lowest BCUT2D eigenvalue weighted by molar-refractivity contribution is -0.128. The van der Waals surface area contributed by atoms with Crippen LogP contribution in [0.25, 0.3) is 11.4 Å². The summed E-state index contributed by atoms with van der Waals surface area (Å²) in [5.74, 6) is 0.476. The Bertz CT molecular complexity index is 683. The molecule has 0 atom stereocenters. The van der Waals surface area contributed by atoms with Gasteiger partial charge in [0.1, 0.15) is 5.82 Å². The van der Waals surface area contributed by atoms with Crippen LogP contribution in [0.1, 0.15) is 32.1 Å². The molecule has 0 saturated carbocycles. The third kappa shape index (κ3) is 4.35. The van der Waals surface area contributed by atoms with Gasteiger partial charge in [-0.3, -0.25) is 9.89 Å². The fraction of sp³-hybridized carbons (Fsp3) is 0.471. The quantitative estimate of drug-likeness (QED) is 0.859. The van der Waals surface area contributed by atoms with Crippen LogP contribution in [0, 0.1) is 5.82 Å². The summed E-state index contributed by atoms with van der Waals surface area (Å²) < 4.78 is 13.8. The van der Waals surface area contributed by atoms with Crippen LogP contribution in [0.15, 0.2) is 29.4 Å². The van der Waals surface area contributed by atoms with Gasteiger partial charge in [0.05, 0.1) is 11.3 Å². The summed E-state index contributed by atoms with van der Waals surface area (Å²) in [6.07, 6.45) is 5.82. The summed E-state index contributed by atoms with van der Waals surface area (Å²) in [6, 6.07) is 6.41. The standard InChI is InChI=1S/C17H21FN4OS/c18-14-9-5-4-8-13(14)16-19-17(21-20-16)24-12-15(23)22-10-6-2-1-3-7-11-22/h4-5,8-9H,1-3,6-7,10-12H2,(H,19,20,21). The molecule has 128 valence electrons. The second kappa shape index (κ2) is 8.28. The lowest BCUT2D eigenvalue weighted by Gasteiger charge is -2.24.